The lowest BCUT2D eigenvalue weighted by Gasteiger charge is -2.26. The van der Waals surface area contributed by atoms with Crippen molar-refractivity contribution in [2.24, 2.45) is 5.92 Å². The van der Waals surface area contributed by atoms with Crippen LogP contribution in [0.15, 0.2) is 41.6 Å². The SMILES string of the molecule is Cc1cc(-c2ccccc2)nc(SCC(=O)NC2CCC(C)CC2)n1. The molecule has 5 heteroatoms. The summed E-state index contributed by atoms with van der Waals surface area (Å²) in [7, 11) is 0. The van der Waals surface area contributed by atoms with Gasteiger partial charge in [0, 0.05) is 17.3 Å². The normalized spacial score (nSPS) is 20.2. The zero-order valence-electron chi connectivity index (χ0n) is 14.9. The second kappa shape index (κ2) is 8.48. The molecule has 1 N–H and O–H groups in total. The summed E-state index contributed by atoms with van der Waals surface area (Å²) in [6.45, 7) is 4.24. The van der Waals surface area contributed by atoms with Crippen LogP contribution in [0.3, 0.4) is 0 Å². The van der Waals surface area contributed by atoms with Crippen molar-refractivity contribution in [3.05, 3.63) is 42.1 Å². The maximum atomic E-state index is 12.2. The van der Waals surface area contributed by atoms with Gasteiger partial charge in [0.15, 0.2) is 5.16 Å². The number of thioether (sulfide) groups is 1. The van der Waals surface area contributed by atoms with Crippen LogP contribution in [0, 0.1) is 12.8 Å². The van der Waals surface area contributed by atoms with E-state index in [4.69, 9.17) is 0 Å². The minimum Gasteiger partial charge on any atom is -0.353 e. The zero-order chi connectivity index (χ0) is 17.6. The van der Waals surface area contributed by atoms with Crippen molar-refractivity contribution in [3.63, 3.8) is 0 Å². The first-order chi connectivity index (χ1) is 12.1. The van der Waals surface area contributed by atoms with Crippen molar-refractivity contribution in [2.75, 3.05) is 5.75 Å². The highest BCUT2D eigenvalue weighted by Crippen LogP contribution is 2.24. The van der Waals surface area contributed by atoms with Gasteiger partial charge < -0.3 is 5.32 Å². The number of aryl methyl sites for hydroxylation is 1. The molecule has 4 nitrogen and oxygen atoms in total. The van der Waals surface area contributed by atoms with E-state index in [1.165, 1.54) is 24.6 Å². The predicted octanol–water partition coefficient (Wildman–Crippen LogP) is 4.24. The molecule has 0 radical (unpaired) electrons. The Balaban J connectivity index is 1.57. The van der Waals surface area contributed by atoms with Gasteiger partial charge in [0.05, 0.1) is 11.4 Å². The monoisotopic (exact) mass is 355 g/mol. The van der Waals surface area contributed by atoms with Gasteiger partial charge in [-0.15, -0.1) is 0 Å². The zero-order valence-corrected chi connectivity index (χ0v) is 15.7. The number of nitrogens with zero attached hydrogens (tertiary/aromatic N) is 2. The third-order valence-electron chi connectivity index (χ3n) is 4.62. The molecule has 1 amide bonds. The molecule has 0 atom stereocenters. The van der Waals surface area contributed by atoms with E-state index in [0.717, 1.165) is 35.7 Å². The van der Waals surface area contributed by atoms with Crippen LogP contribution < -0.4 is 5.32 Å². The van der Waals surface area contributed by atoms with Crippen LogP contribution >= 0.6 is 11.8 Å². The van der Waals surface area contributed by atoms with Gasteiger partial charge in [-0.25, -0.2) is 9.97 Å². The predicted molar refractivity (Wildman–Crippen MR) is 102 cm³/mol. The Labute approximate surface area is 153 Å². The number of hydrogen-bond donors (Lipinski definition) is 1. The molecule has 1 aromatic carbocycles. The van der Waals surface area contributed by atoms with Gasteiger partial charge >= 0.3 is 0 Å². The lowest BCUT2D eigenvalue weighted by atomic mass is 9.87. The van der Waals surface area contributed by atoms with Crippen LogP contribution in [-0.4, -0.2) is 27.7 Å². The van der Waals surface area contributed by atoms with Gasteiger partial charge in [-0.1, -0.05) is 49.0 Å². The molecule has 0 aliphatic heterocycles. The number of aromatic nitrogens is 2. The van der Waals surface area contributed by atoms with E-state index >= 15 is 0 Å². The van der Waals surface area contributed by atoms with E-state index in [1.54, 1.807) is 0 Å². The molecule has 0 unspecified atom stereocenters. The molecule has 1 fully saturated rings. The number of carbonyl (C=O) groups is 1. The van der Waals surface area contributed by atoms with Crippen LogP contribution in [0.2, 0.25) is 0 Å². The summed E-state index contributed by atoms with van der Waals surface area (Å²) in [4.78, 5) is 21.3. The maximum absolute atomic E-state index is 12.2. The van der Waals surface area contributed by atoms with Crippen molar-refractivity contribution < 1.29 is 4.79 Å². The first-order valence-electron chi connectivity index (χ1n) is 8.93. The third kappa shape index (κ3) is 5.30. The Kier molecular flexibility index (Phi) is 6.08. The molecule has 0 saturated heterocycles. The Morgan fingerprint density at radius 1 is 1.16 bits per heavy atom. The highest BCUT2D eigenvalue weighted by atomic mass is 32.2. The number of benzene rings is 1. The number of hydrogen-bond acceptors (Lipinski definition) is 4. The first-order valence-corrected chi connectivity index (χ1v) is 9.92. The van der Waals surface area contributed by atoms with Gasteiger partial charge in [0.25, 0.3) is 0 Å². The average Bonchev–Trinajstić information content (AvgIpc) is 2.62. The lowest BCUT2D eigenvalue weighted by Crippen LogP contribution is -2.38. The summed E-state index contributed by atoms with van der Waals surface area (Å²) in [6, 6.07) is 12.4. The number of nitrogens with one attached hydrogen (secondary N) is 1. The van der Waals surface area contributed by atoms with E-state index in [-0.39, 0.29) is 5.91 Å². The molecule has 2 aromatic rings. The quantitative estimate of drug-likeness (QED) is 0.644. The summed E-state index contributed by atoms with van der Waals surface area (Å²) in [5.74, 6) is 1.24. The van der Waals surface area contributed by atoms with Crippen molar-refractivity contribution in [1.82, 2.24) is 15.3 Å². The summed E-state index contributed by atoms with van der Waals surface area (Å²) < 4.78 is 0. The van der Waals surface area contributed by atoms with Crippen molar-refractivity contribution in [1.29, 1.82) is 0 Å². The van der Waals surface area contributed by atoms with E-state index in [1.807, 2.05) is 43.3 Å². The highest BCUT2D eigenvalue weighted by molar-refractivity contribution is 7.99. The molecule has 25 heavy (non-hydrogen) atoms. The molecule has 3 rings (SSSR count). The van der Waals surface area contributed by atoms with Crippen LogP contribution in [0.1, 0.15) is 38.3 Å². The fourth-order valence-electron chi connectivity index (χ4n) is 3.17. The largest absolute Gasteiger partial charge is 0.353 e. The minimum atomic E-state index is 0.0796. The van der Waals surface area contributed by atoms with Gasteiger partial charge in [-0.3, -0.25) is 4.79 Å². The summed E-state index contributed by atoms with van der Waals surface area (Å²) in [5, 5.41) is 3.81. The third-order valence-corrected chi connectivity index (χ3v) is 5.46. The average molecular weight is 356 g/mol. The second-order valence-corrected chi connectivity index (χ2v) is 7.80. The fraction of sp³-hybridized carbons (Fsp3) is 0.450. The second-order valence-electron chi connectivity index (χ2n) is 6.86. The molecule has 1 aliphatic rings. The van der Waals surface area contributed by atoms with Gasteiger partial charge in [-0.05, 0) is 44.6 Å². The number of carbonyl (C=O) groups excluding carboxylic acids is 1. The number of amides is 1. The van der Waals surface area contributed by atoms with Gasteiger partial charge in [0.1, 0.15) is 0 Å². The minimum absolute atomic E-state index is 0.0796. The highest BCUT2D eigenvalue weighted by Gasteiger charge is 2.19. The Bertz CT molecular complexity index is 712. The van der Waals surface area contributed by atoms with Crippen LogP contribution in [-0.2, 0) is 4.79 Å². The topological polar surface area (TPSA) is 54.9 Å². The van der Waals surface area contributed by atoms with Gasteiger partial charge in [0.2, 0.25) is 5.91 Å². The molecular weight excluding hydrogens is 330 g/mol. The van der Waals surface area contributed by atoms with Crippen molar-refractivity contribution in [2.45, 2.75) is 50.7 Å². The van der Waals surface area contributed by atoms with Gasteiger partial charge in [-0.2, -0.15) is 0 Å². The van der Waals surface area contributed by atoms with Crippen molar-refractivity contribution in [3.8, 4) is 11.3 Å². The van der Waals surface area contributed by atoms with E-state index in [9.17, 15) is 4.79 Å². The van der Waals surface area contributed by atoms with E-state index in [0.29, 0.717) is 17.0 Å². The molecule has 132 valence electrons. The van der Waals surface area contributed by atoms with Crippen LogP contribution in [0.4, 0.5) is 0 Å². The molecule has 1 saturated carbocycles. The molecular formula is C20H25N3OS. The molecule has 1 aromatic heterocycles. The maximum Gasteiger partial charge on any atom is 0.230 e. The molecule has 0 bridgehead atoms. The van der Waals surface area contributed by atoms with E-state index in [2.05, 4.69) is 22.2 Å². The van der Waals surface area contributed by atoms with E-state index < -0.39 is 0 Å². The Hall–Kier alpha value is -1.88. The fourth-order valence-corrected chi connectivity index (χ4v) is 3.88. The van der Waals surface area contributed by atoms with Crippen LogP contribution in [0.5, 0.6) is 0 Å². The van der Waals surface area contributed by atoms with Crippen LogP contribution in [0.25, 0.3) is 11.3 Å². The summed E-state index contributed by atoms with van der Waals surface area (Å²) in [6.07, 6.45) is 4.60. The Morgan fingerprint density at radius 3 is 2.60 bits per heavy atom. The Morgan fingerprint density at radius 2 is 1.88 bits per heavy atom. The summed E-state index contributed by atoms with van der Waals surface area (Å²) >= 11 is 1.41. The smallest absolute Gasteiger partial charge is 0.230 e. The molecule has 1 aliphatic carbocycles. The van der Waals surface area contributed by atoms with Crippen molar-refractivity contribution >= 4 is 17.7 Å². The molecule has 0 spiro atoms. The number of rotatable bonds is 5. The standard InChI is InChI=1S/C20H25N3OS/c1-14-8-10-17(11-9-14)22-19(24)13-25-20-21-15(2)12-18(23-20)16-6-4-3-5-7-16/h3-7,12,14,17H,8-11,13H2,1-2H3,(H,22,24). The first kappa shape index (κ1) is 17.9. The lowest BCUT2D eigenvalue weighted by molar-refractivity contribution is -0.119. The molecule has 1 heterocycles. The summed E-state index contributed by atoms with van der Waals surface area (Å²) in [5.41, 5.74) is 2.88.